The van der Waals surface area contributed by atoms with E-state index in [9.17, 15) is 4.79 Å². The minimum absolute atomic E-state index is 0.331. The molecule has 12 heavy (non-hydrogen) atoms. The van der Waals surface area contributed by atoms with Crippen LogP contribution in [-0.2, 0) is 16.0 Å². The monoisotopic (exact) mass is 164 g/mol. The third kappa shape index (κ3) is 2.27. The maximum absolute atomic E-state index is 9.70. The molecule has 0 saturated carbocycles. The highest BCUT2D eigenvalue weighted by Crippen LogP contribution is 2.10. The van der Waals surface area contributed by atoms with Gasteiger partial charge in [-0.25, -0.2) is 4.79 Å². The molecular formula is C9H10NO2. The van der Waals surface area contributed by atoms with Gasteiger partial charge < -0.3 is 10.5 Å². The summed E-state index contributed by atoms with van der Waals surface area (Å²) in [7, 11) is 0. The van der Waals surface area contributed by atoms with E-state index in [0.717, 1.165) is 11.3 Å². The molecule has 3 nitrogen and oxygen atoms in total. The molecule has 1 aromatic rings. The fourth-order valence-electron chi connectivity index (χ4n) is 0.965. The van der Waals surface area contributed by atoms with Gasteiger partial charge >= 0.3 is 6.47 Å². The van der Waals surface area contributed by atoms with Gasteiger partial charge in [-0.15, -0.1) is 0 Å². The van der Waals surface area contributed by atoms with Crippen LogP contribution in [0.2, 0.25) is 0 Å². The highest BCUT2D eigenvalue weighted by atomic mass is 16.5. The molecule has 1 rings (SSSR count). The van der Waals surface area contributed by atoms with Gasteiger partial charge in [0, 0.05) is 12.1 Å². The number of hydrogen-bond donors (Lipinski definition) is 1. The maximum Gasteiger partial charge on any atom is 0.417 e. The van der Waals surface area contributed by atoms with Gasteiger partial charge in [0.1, 0.15) is 0 Å². The van der Waals surface area contributed by atoms with Crippen molar-refractivity contribution in [3.05, 3.63) is 29.8 Å². The molecule has 1 radical (unpaired) electrons. The molecule has 2 N–H and O–H groups in total. The van der Waals surface area contributed by atoms with E-state index in [1.165, 1.54) is 6.47 Å². The number of para-hydroxylation sites is 1. The van der Waals surface area contributed by atoms with Crippen molar-refractivity contribution in [2.24, 2.45) is 0 Å². The van der Waals surface area contributed by atoms with Crippen molar-refractivity contribution in [1.82, 2.24) is 0 Å². The second-order valence-electron chi connectivity index (χ2n) is 2.38. The van der Waals surface area contributed by atoms with Crippen LogP contribution in [0.4, 0.5) is 5.69 Å². The Balaban J connectivity index is 2.51. The normalized spacial score (nSPS) is 9.33. The fourth-order valence-corrected chi connectivity index (χ4v) is 0.965. The Bertz CT molecular complexity index is 260. The van der Waals surface area contributed by atoms with Gasteiger partial charge in [0.05, 0.1) is 6.61 Å². The SMILES string of the molecule is Nc1ccccc1CCO[C]=O. The molecule has 0 unspecified atom stereocenters. The van der Waals surface area contributed by atoms with Crippen LogP contribution in [0, 0.1) is 0 Å². The van der Waals surface area contributed by atoms with Crippen molar-refractivity contribution in [2.45, 2.75) is 6.42 Å². The van der Waals surface area contributed by atoms with E-state index < -0.39 is 0 Å². The third-order valence-electron chi connectivity index (χ3n) is 1.59. The van der Waals surface area contributed by atoms with Gasteiger partial charge in [-0.1, -0.05) is 18.2 Å². The molecule has 0 fully saturated rings. The number of nitrogens with two attached hydrogens (primary N) is 1. The highest BCUT2D eigenvalue weighted by Gasteiger charge is 1.96. The summed E-state index contributed by atoms with van der Waals surface area (Å²) < 4.78 is 4.43. The van der Waals surface area contributed by atoms with Crippen molar-refractivity contribution in [2.75, 3.05) is 12.3 Å². The van der Waals surface area contributed by atoms with Crippen LogP contribution in [-0.4, -0.2) is 13.1 Å². The summed E-state index contributed by atoms with van der Waals surface area (Å²) in [6.45, 7) is 1.70. The Labute approximate surface area is 71.1 Å². The molecule has 0 bridgehead atoms. The maximum atomic E-state index is 9.70. The first-order chi connectivity index (χ1) is 5.84. The molecular weight excluding hydrogens is 154 g/mol. The number of carbonyl (C=O) groups excluding carboxylic acids is 1. The molecule has 0 saturated heterocycles. The standard InChI is InChI=1S/C9H10NO2/c10-9-4-2-1-3-8(9)5-6-12-7-11/h1-4H,5-6,10H2. The summed E-state index contributed by atoms with van der Waals surface area (Å²) in [6, 6.07) is 7.49. The van der Waals surface area contributed by atoms with Crippen LogP contribution in [0.5, 0.6) is 0 Å². The van der Waals surface area contributed by atoms with E-state index in [1.807, 2.05) is 24.3 Å². The topological polar surface area (TPSA) is 52.3 Å². The first kappa shape index (κ1) is 8.59. The number of ether oxygens (including phenoxy) is 1. The highest BCUT2D eigenvalue weighted by molar-refractivity contribution is 5.46. The van der Waals surface area contributed by atoms with Crippen LogP contribution in [0.15, 0.2) is 24.3 Å². The third-order valence-corrected chi connectivity index (χ3v) is 1.59. The minimum Gasteiger partial charge on any atom is -0.457 e. The van der Waals surface area contributed by atoms with Gasteiger partial charge in [-0.05, 0) is 11.6 Å². The van der Waals surface area contributed by atoms with Gasteiger partial charge in [0.2, 0.25) is 0 Å². The molecule has 3 heteroatoms. The largest absolute Gasteiger partial charge is 0.457 e. The Morgan fingerprint density at radius 3 is 2.83 bits per heavy atom. The lowest BCUT2D eigenvalue weighted by Gasteiger charge is -2.02. The minimum atomic E-state index is 0.331. The lowest BCUT2D eigenvalue weighted by Crippen LogP contribution is -1.99. The van der Waals surface area contributed by atoms with E-state index in [-0.39, 0.29) is 0 Å². The van der Waals surface area contributed by atoms with E-state index in [1.54, 1.807) is 0 Å². The average Bonchev–Trinajstić information content (AvgIpc) is 2.09. The molecule has 0 aliphatic heterocycles. The summed E-state index contributed by atoms with van der Waals surface area (Å²) in [5.74, 6) is 0. The van der Waals surface area contributed by atoms with Crippen LogP contribution in [0.1, 0.15) is 5.56 Å². The summed E-state index contributed by atoms with van der Waals surface area (Å²) in [5, 5.41) is 0. The van der Waals surface area contributed by atoms with Crippen molar-refractivity contribution in [1.29, 1.82) is 0 Å². The van der Waals surface area contributed by atoms with E-state index in [4.69, 9.17) is 5.73 Å². The van der Waals surface area contributed by atoms with E-state index in [0.29, 0.717) is 13.0 Å². The zero-order valence-electron chi connectivity index (χ0n) is 6.62. The number of hydrogen-bond acceptors (Lipinski definition) is 3. The van der Waals surface area contributed by atoms with E-state index >= 15 is 0 Å². The Kier molecular flexibility index (Phi) is 3.14. The average molecular weight is 164 g/mol. The molecule has 0 aliphatic rings. The smallest absolute Gasteiger partial charge is 0.417 e. The second kappa shape index (κ2) is 4.38. The molecule has 0 aromatic heterocycles. The summed E-state index contributed by atoms with van der Waals surface area (Å²) in [4.78, 5) is 9.70. The number of benzene rings is 1. The van der Waals surface area contributed by atoms with Gasteiger partial charge in [0.25, 0.3) is 0 Å². The lowest BCUT2D eigenvalue weighted by atomic mass is 10.1. The van der Waals surface area contributed by atoms with Crippen molar-refractivity contribution >= 4 is 12.2 Å². The first-order valence-electron chi connectivity index (χ1n) is 3.67. The molecule has 63 valence electrons. The molecule has 0 aliphatic carbocycles. The number of nitrogen functional groups attached to an aromatic ring is 1. The molecule has 0 amide bonds. The van der Waals surface area contributed by atoms with Crippen LogP contribution >= 0.6 is 0 Å². The van der Waals surface area contributed by atoms with E-state index in [2.05, 4.69) is 4.74 Å². The number of rotatable bonds is 4. The van der Waals surface area contributed by atoms with Crippen molar-refractivity contribution in [3.63, 3.8) is 0 Å². The fraction of sp³-hybridized carbons (Fsp3) is 0.222. The van der Waals surface area contributed by atoms with Gasteiger partial charge in [-0.3, -0.25) is 0 Å². The summed E-state index contributed by atoms with van der Waals surface area (Å²) in [6.07, 6.45) is 0.641. The van der Waals surface area contributed by atoms with Crippen molar-refractivity contribution < 1.29 is 9.53 Å². The van der Waals surface area contributed by atoms with Crippen molar-refractivity contribution in [3.8, 4) is 0 Å². The quantitative estimate of drug-likeness (QED) is 0.531. The zero-order valence-corrected chi connectivity index (χ0v) is 6.62. The predicted molar refractivity (Wildman–Crippen MR) is 46.2 cm³/mol. The molecule has 0 heterocycles. The Morgan fingerprint density at radius 1 is 1.42 bits per heavy atom. The Hall–Kier alpha value is -1.51. The molecule has 0 atom stereocenters. The van der Waals surface area contributed by atoms with Crippen LogP contribution in [0.25, 0.3) is 0 Å². The second-order valence-corrected chi connectivity index (χ2v) is 2.38. The summed E-state index contributed by atoms with van der Waals surface area (Å²) in [5.41, 5.74) is 7.37. The first-order valence-corrected chi connectivity index (χ1v) is 3.67. The number of anilines is 1. The molecule has 1 aromatic carbocycles. The van der Waals surface area contributed by atoms with Crippen LogP contribution in [0.3, 0.4) is 0 Å². The van der Waals surface area contributed by atoms with Crippen LogP contribution < -0.4 is 5.73 Å². The Morgan fingerprint density at radius 2 is 2.17 bits per heavy atom. The van der Waals surface area contributed by atoms with Gasteiger partial charge in [0.15, 0.2) is 0 Å². The zero-order chi connectivity index (χ0) is 8.81. The summed E-state index contributed by atoms with van der Waals surface area (Å²) >= 11 is 0. The predicted octanol–water partition coefficient (Wildman–Crippen LogP) is 0.895. The van der Waals surface area contributed by atoms with Gasteiger partial charge in [-0.2, -0.15) is 0 Å². The lowest BCUT2D eigenvalue weighted by molar-refractivity contribution is 0.282. The molecule has 0 spiro atoms.